The molecule has 3 saturated carbocycles. The summed E-state index contributed by atoms with van der Waals surface area (Å²) < 4.78 is 12.9. The molecule has 56 heavy (non-hydrogen) atoms. The summed E-state index contributed by atoms with van der Waals surface area (Å²) >= 11 is 0. The summed E-state index contributed by atoms with van der Waals surface area (Å²) in [5.74, 6) is -0.239. The monoisotopic (exact) mass is 778 g/mol. The van der Waals surface area contributed by atoms with Gasteiger partial charge in [-0.05, 0) is 113 Å². The van der Waals surface area contributed by atoms with Crippen LogP contribution >= 0.6 is 0 Å². The summed E-state index contributed by atoms with van der Waals surface area (Å²) in [4.78, 5) is 45.1. The van der Waals surface area contributed by atoms with Crippen LogP contribution in [0, 0.1) is 46.8 Å². The molecule has 2 aliphatic heterocycles. The van der Waals surface area contributed by atoms with Crippen molar-refractivity contribution in [1.29, 1.82) is 0 Å². The molecule has 5 aliphatic carbocycles. The Labute approximate surface area is 335 Å². The van der Waals surface area contributed by atoms with Gasteiger partial charge in [0.25, 0.3) is 5.60 Å². The van der Waals surface area contributed by atoms with Crippen molar-refractivity contribution in [3.05, 3.63) is 47.6 Å². The zero-order chi connectivity index (χ0) is 39.5. The maximum Gasteiger partial charge on any atom is 0.350 e. The maximum absolute atomic E-state index is 15.2. The highest BCUT2D eigenvalue weighted by atomic mass is 16.7. The fourth-order valence-electron chi connectivity index (χ4n) is 12.2. The molecular formula is C46H73N4O6+3. The van der Waals surface area contributed by atoms with Crippen molar-refractivity contribution >= 4 is 17.5 Å². The number of hydrogen-bond donors (Lipinski definition) is 5. The van der Waals surface area contributed by atoms with E-state index in [-0.39, 0.29) is 48.5 Å². The molecule has 8 N–H and O–H groups in total. The van der Waals surface area contributed by atoms with Gasteiger partial charge in [-0.25, -0.2) is 10.1 Å². The zero-order valence-corrected chi connectivity index (χ0v) is 34.8. The first-order chi connectivity index (χ1) is 27.1. The van der Waals surface area contributed by atoms with Crippen LogP contribution in [0.15, 0.2) is 47.6 Å². The fraction of sp³-hybridized carbons (Fsp3) is 0.761. The van der Waals surface area contributed by atoms with Crippen LogP contribution in [-0.4, -0.2) is 86.1 Å². The molecule has 2 saturated heterocycles. The predicted molar refractivity (Wildman–Crippen MR) is 215 cm³/mol. The quantitative estimate of drug-likeness (QED) is 0.0531. The van der Waals surface area contributed by atoms with Crippen LogP contribution in [0.1, 0.15) is 111 Å². The molecule has 310 valence electrons. The second-order valence-electron chi connectivity index (χ2n) is 19.2. The SMILES string of the molecule is CC[NH2+]C1CC2C=CCCC2CC1COC(=O)C12OC1(CC(CO)=C(C)CCC1CC[NH2+]C(NC[NH2+]C)C1)C(=O)C1CCCC(CC3(C)C=CC=CC3)C1C2=O. The van der Waals surface area contributed by atoms with Crippen LogP contribution in [0.2, 0.25) is 0 Å². The van der Waals surface area contributed by atoms with Gasteiger partial charge in [-0.15, -0.1) is 0 Å². The molecule has 0 spiro atoms. The third-order valence-corrected chi connectivity index (χ3v) is 15.4. The Kier molecular flexibility index (Phi) is 13.2. The molecule has 7 aliphatic rings. The van der Waals surface area contributed by atoms with Gasteiger partial charge in [0.05, 0.1) is 39.4 Å². The van der Waals surface area contributed by atoms with Crippen molar-refractivity contribution in [2.24, 2.45) is 46.8 Å². The minimum atomic E-state index is -1.95. The Morgan fingerprint density at radius 2 is 1.95 bits per heavy atom. The molecule has 12 atom stereocenters. The van der Waals surface area contributed by atoms with Crippen molar-refractivity contribution in [2.45, 2.75) is 134 Å². The number of fused-ring (bicyclic) bond motifs is 3. The maximum atomic E-state index is 15.2. The molecule has 0 radical (unpaired) electrons. The van der Waals surface area contributed by atoms with Crippen LogP contribution in [0.4, 0.5) is 0 Å². The summed E-state index contributed by atoms with van der Waals surface area (Å²) in [5, 5.41) is 21.4. The van der Waals surface area contributed by atoms with E-state index in [2.05, 4.69) is 78.6 Å². The van der Waals surface area contributed by atoms with Gasteiger partial charge in [0.15, 0.2) is 17.2 Å². The fourth-order valence-corrected chi connectivity index (χ4v) is 12.2. The molecule has 0 aromatic rings. The molecule has 2 heterocycles. The third kappa shape index (κ3) is 8.22. The number of hydrogen-bond acceptors (Lipinski definition) is 7. The second-order valence-corrected chi connectivity index (χ2v) is 19.2. The van der Waals surface area contributed by atoms with Crippen LogP contribution in [-0.2, 0) is 23.9 Å². The molecule has 0 aromatic heterocycles. The number of nitrogens with two attached hydrogens (primary N) is 3. The minimum absolute atomic E-state index is 0.0211. The molecule has 5 fully saturated rings. The number of aliphatic hydroxyl groups excluding tert-OH is 1. The Morgan fingerprint density at radius 1 is 1.09 bits per heavy atom. The smallest absolute Gasteiger partial charge is 0.350 e. The van der Waals surface area contributed by atoms with Gasteiger partial charge in [-0.1, -0.05) is 55.4 Å². The van der Waals surface area contributed by atoms with Crippen molar-refractivity contribution in [3.63, 3.8) is 0 Å². The third-order valence-electron chi connectivity index (χ3n) is 15.4. The van der Waals surface area contributed by atoms with Gasteiger partial charge in [-0.3, -0.25) is 9.59 Å². The number of esters is 1. The van der Waals surface area contributed by atoms with E-state index in [9.17, 15) is 9.90 Å². The van der Waals surface area contributed by atoms with Gasteiger partial charge < -0.3 is 30.5 Å². The molecule has 0 bridgehead atoms. The highest BCUT2D eigenvalue weighted by molar-refractivity contribution is 6.23. The average Bonchev–Trinajstić information content (AvgIpc) is 3.91. The summed E-state index contributed by atoms with van der Waals surface area (Å²) in [6.07, 6.45) is 26.1. The van der Waals surface area contributed by atoms with Crippen molar-refractivity contribution in [3.8, 4) is 0 Å². The van der Waals surface area contributed by atoms with E-state index in [0.29, 0.717) is 36.4 Å². The number of epoxide rings is 1. The summed E-state index contributed by atoms with van der Waals surface area (Å²) in [6, 6.07) is 0.331. The van der Waals surface area contributed by atoms with E-state index >= 15 is 9.59 Å². The van der Waals surface area contributed by atoms with Crippen LogP contribution in [0.5, 0.6) is 0 Å². The van der Waals surface area contributed by atoms with E-state index in [1.54, 1.807) is 0 Å². The lowest BCUT2D eigenvalue weighted by Crippen LogP contribution is -2.97. The van der Waals surface area contributed by atoms with Gasteiger partial charge in [0, 0.05) is 37.0 Å². The van der Waals surface area contributed by atoms with E-state index in [4.69, 9.17) is 9.47 Å². The van der Waals surface area contributed by atoms with Crippen LogP contribution < -0.4 is 21.3 Å². The van der Waals surface area contributed by atoms with Gasteiger partial charge >= 0.3 is 5.97 Å². The summed E-state index contributed by atoms with van der Waals surface area (Å²) in [7, 11) is 2.07. The van der Waals surface area contributed by atoms with Crippen LogP contribution in [0.3, 0.4) is 0 Å². The second kappa shape index (κ2) is 17.8. The Bertz CT molecular complexity index is 1570. The number of aliphatic hydroxyl groups is 1. The Hall–Kier alpha value is -2.47. The Morgan fingerprint density at radius 3 is 2.71 bits per heavy atom. The average molecular weight is 778 g/mol. The normalized spacial score (nSPS) is 40.7. The number of quaternary nitrogens is 3. The zero-order valence-electron chi connectivity index (χ0n) is 34.8. The van der Waals surface area contributed by atoms with E-state index < -0.39 is 29.0 Å². The van der Waals surface area contributed by atoms with Gasteiger partial charge in [0.1, 0.15) is 12.8 Å². The highest BCUT2D eigenvalue weighted by Crippen LogP contribution is 2.64. The topological polar surface area (TPSA) is 155 Å². The number of carbonyl (C=O) groups is 3. The number of ketones is 2. The summed E-state index contributed by atoms with van der Waals surface area (Å²) in [6.45, 7) is 9.39. The van der Waals surface area contributed by atoms with Crippen LogP contribution in [0.25, 0.3) is 0 Å². The van der Waals surface area contributed by atoms with Gasteiger partial charge in [-0.2, -0.15) is 0 Å². The van der Waals surface area contributed by atoms with Crippen molar-refractivity contribution in [1.82, 2.24) is 5.32 Å². The molecule has 0 aromatic carbocycles. The molecule has 0 amide bonds. The van der Waals surface area contributed by atoms with E-state index in [1.165, 1.54) is 0 Å². The first kappa shape index (κ1) is 41.7. The first-order valence-electron chi connectivity index (χ1n) is 22.5. The lowest BCUT2D eigenvalue weighted by atomic mass is 9.55. The van der Waals surface area contributed by atoms with Crippen molar-refractivity contribution in [2.75, 3.05) is 40.0 Å². The van der Waals surface area contributed by atoms with E-state index in [0.717, 1.165) is 108 Å². The molecule has 12 unspecified atom stereocenters. The molecule has 10 nitrogen and oxygen atoms in total. The predicted octanol–water partition coefficient (Wildman–Crippen LogP) is 2.60. The van der Waals surface area contributed by atoms with Gasteiger partial charge in [0.2, 0.25) is 0 Å². The lowest BCUT2D eigenvalue weighted by Gasteiger charge is -2.44. The Balaban J connectivity index is 1.14. The number of Topliss-reactive ketones (excluding diaryl/α,β-unsaturated/α-hetero) is 2. The lowest BCUT2D eigenvalue weighted by molar-refractivity contribution is -0.716. The van der Waals surface area contributed by atoms with E-state index in [1.807, 2.05) is 6.92 Å². The number of carbonyl (C=O) groups excluding carboxylic acids is 3. The largest absolute Gasteiger partial charge is 0.463 e. The first-order valence-corrected chi connectivity index (χ1v) is 22.5. The molecular weight excluding hydrogens is 705 g/mol. The highest BCUT2D eigenvalue weighted by Gasteiger charge is 2.87. The number of ether oxygens (including phenoxy) is 2. The number of allylic oxidation sites excluding steroid dienone is 7. The number of piperidine rings is 1. The standard InChI is InChI=1S/C46H70N4O6/c1-5-48-38-24-33-13-8-7-12-32(33)23-35(38)28-55-43(54)46-42(53)40-34(25-44(3)19-9-6-10-20-44)14-11-15-37(40)41(52)45(46,56-46)26-36(27-51)30(2)16-17-31-18-21-49-39(22-31)50-29-47-4/h6,8-10,13,19,31-35,37-40,47-51H,5,7,11-12,14-18,20-29H2,1-4H3/p+3. The number of nitrogens with one attached hydrogen (secondary N) is 1. The summed E-state index contributed by atoms with van der Waals surface area (Å²) in [5.41, 5.74) is -1.93. The molecule has 10 heteroatoms. The minimum Gasteiger partial charge on any atom is -0.463 e. The van der Waals surface area contributed by atoms with Crippen molar-refractivity contribution < 1.29 is 44.9 Å². The number of rotatable bonds is 16. The molecule has 7 rings (SSSR count).